The summed E-state index contributed by atoms with van der Waals surface area (Å²) in [5, 5.41) is 3.46. The van der Waals surface area contributed by atoms with Gasteiger partial charge in [-0.05, 0) is 54.7 Å². The summed E-state index contributed by atoms with van der Waals surface area (Å²) in [6.07, 6.45) is -0.603. The lowest BCUT2D eigenvalue weighted by atomic mass is 9.87. The van der Waals surface area contributed by atoms with E-state index < -0.39 is 6.10 Å². The van der Waals surface area contributed by atoms with E-state index >= 15 is 0 Å². The molecular formula is C21H24N2O2S. The average Bonchev–Trinajstić information content (AvgIpc) is 2.95. The molecule has 0 radical (unpaired) electrons. The minimum atomic E-state index is -0.603. The molecule has 2 aromatic carbocycles. The smallest absolute Gasteiger partial charge is 0.266 e. The third-order valence-corrected chi connectivity index (χ3v) is 5.09. The Balaban J connectivity index is 1.72. The van der Waals surface area contributed by atoms with Gasteiger partial charge in [0.15, 0.2) is 11.2 Å². The van der Waals surface area contributed by atoms with E-state index in [1.165, 1.54) is 16.9 Å². The summed E-state index contributed by atoms with van der Waals surface area (Å²) in [4.78, 5) is 16.9. The van der Waals surface area contributed by atoms with Crippen LogP contribution < -0.4 is 10.1 Å². The van der Waals surface area contributed by atoms with E-state index in [9.17, 15) is 4.79 Å². The van der Waals surface area contributed by atoms with Crippen LogP contribution in [0.3, 0.4) is 0 Å². The molecule has 1 heterocycles. The fraction of sp³-hybridized carbons (Fsp3) is 0.333. The summed E-state index contributed by atoms with van der Waals surface area (Å²) >= 11 is 1.48. The van der Waals surface area contributed by atoms with Crippen molar-refractivity contribution < 1.29 is 9.53 Å². The molecule has 0 bridgehead atoms. The Hall–Kier alpha value is -2.40. The quantitative estimate of drug-likeness (QED) is 0.679. The number of anilines is 1. The van der Waals surface area contributed by atoms with Crippen molar-refractivity contribution in [2.45, 2.75) is 46.1 Å². The molecule has 1 unspecified atom stereocenters. The van der Waals surface area contributed by atoms with Gasteiger partial charge in [0, 0.05) is 0 Å². The van der Waals surface area contributed by atoms with Crippen LogP contribution in [-0.2, 0) is 10.2 Å². The van der Waals surface area contributed by atoms with Crippen molar-refractivity contribution in [1.82, 2.24) is 4.98 Å². The maximum absolute atomic E-state index is 12.4. The molecule has 26 heavy (non-hydrogen) atoms. The maximum atomic E-state index is 12.4. The van der Waals surface area contributed by atoms with Crippen LogP contribution in [0.15, 0.2) is 42.5 Å². The molecule has 0 saturated carbocycles. The number of aryl methyl sites for hydroxylation is 1. The molecule has 0 aliphatic rings. The van der Waals surface area contributed by atoms with Crippen LogP contribution >= 0.6 is 11.3 Å². The molecule has 0 spiro atoms. The molecule has 4 nitrogen and oxygen atoms in total. The van der Waals surface area contributed by atoms with Crippen molar-refractivity contribution in [3.63, 3.8) is 0 Å². The van der Waals surface area contributed by atoms with Gasteiger partial charge in [-0.25, -0.2) is 4.98 Å². The lowest BCUT2D eigenvalue weighted by Gasteiger charge is -2.18. The highest BCUT2D eigenvalue weighted by Gasteiger charge is 2.18. The average molecular weight is 369 g/mol. The number of rotatable bonds is 4. The molecular weight excluding hydrogens is 344 g/mol. The number of thiazole rings is 1. The van der Waals surface area contributed by atoms with Crippen LogP contribution in [0.25, 0.3) is 10.2 Å². The van der Waals surface area contributed by atoms with Gasteiger partial charge in [0.25, 0.3) is 5.91 Å². The normalized spacial score (nSPS) is 12.8. The number of aromatic nitrogens is 1. The number of benzene rings is 2. The van der Waals surface area contributed by atoms with Crippen LogP contribution in [0.2, 0.25) is 0 Å². The van der Waals surface area contributed by atoms with E-state index in [2.05, 4.69) is 43.2 Å². The predicted molar refractivity (Wildman–Crippen MR) is 108 cm³/mol. The van der Waals surface area contributed by atoms with Crippen molar-refractivity contribution in [2.24, 2.45) is 0 Å². The Kier molecular flexibility index (Phi) is 5.01. The van der Waals surface area contributed by atoms with Crippen molar-refractivity contribution in [2.75, 3.05) is 5.32 Å². The van der Waals surface area contributed by atoms with Crippen LogP contribution in [-0.4, -0.2) is 17.0 Å². The van der Waals surface area contributed by atoms with Gasteiger partial charge < -0.3 is 4.74 Å². The Labute approximate surface area is 158 Å². The zero-order chi connectivity index (χ0) is 18.9. The lowest BCUT2D eigenvalue weighted by Crippen LogP contribution is -2.30. The molecule has 3 rings (SSSR count). The first-order valence-corrected chi connectivity index (χ1v) is 9.49. The summed E-state index contributed by atoms with van der Waals surface area (Å²) in [5.74, 6) is 0.480. The molecule has 136 valence electrons. The Morgan fingerprint density at radius 1 is 1.19 bits per heavy atom. The summed E-state index contributed by atoms with van der Waals surface area (Å²) in [5.41, 5.74) is 3.32. The fourth-order valence-corrected chi connectivity index (χ4v) is 3.51. The van der Waals surface area contributed by atoms with Gasteiger partial charge >= 0.3 is 0 Å². The molecule has 3 aromatic rings. The van der Waals surface area contributed by atoms with Crippen molar-refractivity contribution in [1.29, 1.82) is 0 Å². The fourth-order valence-electron chi connectivity index (χ4n) is 2.60. The zero-order valence-corrected chi connectivity index (χ0v) is 16.6. The second kappa shape index (κ2) is 7.08. The first-order valence-electron chi connectivity index (χ1n) is 8.67. The Morgan fingerprint density at radius 2 is 1.96 bits per heavy atom. The van der Waals surface area contributed by atoms with Crippen molar-refractivity contribution in [3.05, 3.63) is 53.6 Å². The standard InChI is InChI=1S/C21H24N2O2S/c1-13-7-6-8-16(11-13)25-14(2)19(24)23-20-22-17-10-9-15(21(3,4)5)12-18(17)26-20/h6-12,14H,1-5H3,(H,22,23,24). The minimum absolute atomic E-state index is 0.0811. The predicted octanol–water partition coefficient (Wildman–Crippen LogP) is 5.31. The highest BCUT2D eigenvalue weighted by molar-refractivity contribution is 7.22. The highest BCUT2D eigenvalue weighted by Crippen LogP contribution is 2.31. The van der Waals surface area contributed by atoms with Crippen molar-refractivity contribution >= 4 is 32.6 Å². The lowest BCUT2D eigenvalue weighted by molar-refractivity contribution is -0.122. The summed E-state index contributed by atoms with van der Waals surface area (Å²) in [6.45, 7) is 10.3. The third-order valence-electron chi connectivity index (χ3n) is 4.16. The van der Waals surface area contributed by atoms with Gasteiger partial charge in [-0.2, -0.15) is 0 Å². The first-order chi connectivity index (χ1) is 12.2. The summed E-state index contributed by atoms with van der Waals surface area (Å²) in [7, 11) is 0. The number of hydrogen-bond acceptors (Lipinski definition) is 4. The molecule has 5 heteroatoms. The van der Waals surface area contributed by atoms with E-state index in [-0.39, 0.29) is 11.3 Å². The zero-order valence-electron chi connectivity index (χ0n) is 15.8. The number of fused-ring (bicyclic) bond motifs is 1. The molecule has 1 amide bonds. The topological polar surface area (TPSA) is 51.2 Å². The maximum Gasteiger partial charge on any atom is 0.266 e. The third kappa shape index (κ3) is 4.22. The number of amides is 1. The van der Waals surface area contributed by atoms with E-state index in [1.54, 1.807) is 6.92 Å². The number of hydrogen-bond donors (Lipinski definition) is 1. The van der Waals surface area contributed by atoms with E-state index in [1.807, 2.05) is 37.3 Å². The number of nitrogens with zero attached hydrogens (tertiary/aromatic N) is 1. The van der Waals surface area contributed by atoms with Gasteiger partial charge in [0.1, 0.15) is 5.75 Å². The number of ether oxygens (including phenoxy) is 1. The number of nitrogens with one attached hydrogen (secondary N) is 1. The van der Waals surface area contributed by atoms with Gasteiger partial charge in [-0.1, -0.05) is 50.3 Å². The second-order valence-corrected chi connectivity index (χ2v) is 8.55. The summed E-state index contributed by atoms with van der Waals surface area (Å²) < 4.78 is 6.80. The number of carbonyl (C=O) groups excluding carboxylic acids is 1. The van der Waals surface area contributed by atoms with Crippen molar-refractivity contribution in [3.8, 4) is 5.75 Å². The molecule has 0 aliphatic carbocycles. The molecule has 0 fully saturated rings. The SMILES string of the molecule is Cc1cccc(OC(C)C(=O)Nc2nc3ccc(C(C)(C)C)cc3s2)c1. The number of carbonyl (C=O) groups is 1. The van der Waals surface area contributed by atoms with E-state index in [0.29, 0.717) is 10.9 Å². The van der Waals surface area contributed by atoms with Crippen LogP contribution in [0.1, 0.15) is 38.8 Å². The molecule has 1 aromatic heterocycles. The minimum Gasteiger partial charge on any atom is -0.481 e. The molecule has 0 saturated heterocycles. The van der Waals surface area contributed by atoms with E-state index in [4.69, 9.17) is 4.74 Å². The van der Waals surface area contributed by atoms with Gasteiger partial charge in [0.2, 0.25) is 0 Å². The van der Waals surface area contributed by atoms with E-state index in [0.717, 1.165) is 15.8 Å². The highest BCUT2D eigenvalue weighted by atomic mass is 32.1. The molecule has 1 atom stereocenters. The Bertz CT molecular complexity index is 941. The molecule has 1 N–H and O–H groups in total. The van der Waals surface area contributed by atoms with Crippen LogP contribution in [0.4, 0.5) is 5.13 Å². The Morgan fingerprint density at radius 3 is 2.65 bits per heavy atom. The molecule has 0 aliphatic heterocycles. The largest absolute Gasteiger partial charge is 0.481 e. The second-order valence-electron chi connectivity index (χ2n) is 7.52. The van der Waals surface area contributed by atoms with Crippen LogP contribution in [0.5, 0.6) is 5.75 Å². The van der Waals surface area contributed by atoms with Gasteiger partial charge in [-0.15, -0.1) is 0 Å². The first kappa shape index (κ1) is 18.4. The van der Waals surface area contributed by atoms with Gasteiger partial charge in [-0.3, -0.25) is 10.1 Å². The summed E-state index contributed by atoms with van der Waals surface area (Å²) in [6, 6.07) is 13.9. The monoisotopic (exact) mass is 368 g/mol. The van der Waals surface area contributed by atoms with Gasteiger partial charge in [0.05, 0.1) is 10.2 Å². The van der Waals surface area contributed by atoms with Crippen LogP contribution in [0, 0.1) is 6.92 Å².